The largest absolute Gasteiger partial charge is 0.384 e. The second kappa shape index (κ2) is 14.7. The van der Waals surface area contributed by atoms with Crippen LogP contribution in [-0.4, -0.2) is 102 Å². The third-order valence-corrected chi connectivity index (χ3v) is 11.2. The average molecular weight is 724 g/mol. The zero-order chi connectivity index (χ0) is 36.4. The van der Waals surface area contributed by atoms with Crippen LogP contribution in [0.3, 0.4) is 0 Å². The quantitative estimate of drug-likeness (QED) is 0.124. The number of pyridine rings is 1. The molecule has 0 radical (unpaired) electrons. The summed E-state index contributed by atoms with van der Waals surface area (Å²) in [6, 6.07) is 19.0. The lowest BCUT2D eigenvalue weighted by molar-refractivity contribution is -0.140. The Balaban J connectivity index is 1.08. The second-order valence-electron chi connectivity index (χ2n) is 13.1. The van der Waals surface area contributed by atoms with Crippen molar-refractivity contribution in [1.82, 2.24) is 29.7 Å². The number of anilines is 1. The fourth-order valence-electron chi connectivity index (χ4n) is 6.92. The standard InChI is InChI=1S/C37H41N9O5S/c1-44-31-10-9-27(21-30(31)42-33(44)19-24-5-7-25(8-6-24)37(38)39)43-52(49,50)32-4-2-3-29-26(11-12-41-36(29)32)20-35(48)46-14-13-40-23-28(46)22-34(47)45-15-17-51-18-16-45/h2-12,21,28,40,43H,13-20,22-23H2,1H3,(H3,38,39). The van der Waals surface area contributed by atoms with Crippen LogP contribution in [0.15, 0.2) is 77.8 Å². The number of piperazine rings is 1. The molecule has 5 N–H and O–H groups in total. The first-order chi connectivity index (χ1) is 25.1. The maximum Gasteiger partial charge on any atom is 0.264 e. The van der Waals surface area contributed by atoms with Crippen LogP contribution >= 0.6 is 0 Å². The van der Waals surface area contributed by atoms with Crippen LogP contribution in [0, 0.1) is 5.41 Å². The van der Waals surface area contributed by atoms with Crippen LogP contribution in [0.4, 0.5) is 5.69 Å². The number of carbonyl (C=O) groups excluding carboxylic acids is 2. The number of morpholine rings is 1. The van der Waals surface area contributed by atoms with Crippen LogP contribution in [0.25, 0.3) is 21.9 Å². The molecule has 2 aliphatic heterocycles. The number of nitrogens with two attached hydrogens (primary N) is 1. The molecule has 0 aliphatic carbocycles. The monoisotopic (exact) mass is 723 g/mol. The Bertz CT molecular complexity index is 2270. The molecule has 5 aromatic rings. The van der Waals surface area contributed by atoms with Crippen LogP contribution in [-0.2, 0) is 44.2 Å². The number of para-hydroxylation sites is 1. The van der Waals surface area contributed by atoms with Gasteiger partial charge < -0.3 is 30.2 Å². The van der Waals surface area contributed by atoms with Gasteiger partial charge in [0.2, 0.25) is 11.8 Å². The smallest absolute Gasteiger partial charge is 0.264 e. The molecule has 2 aromatic heterocycles. The second-order valence-corrected chi connectivity index (χ2v) is 14.8. The van der Waals surface area contributed by atoms with Gasteiger partial charge in [0, 0.05) is 69.8 Å². The number of benzene rings is 3. The summed E-state index contributed by atoms with van der Waals surface area (Å²) in [6.07, 6.45) is 2.33. The van der Waals surface area contributed by atoms with Crippen molar-refractivity contribution in [1.29, 1.82) is 5.41 Å². The molecule has 4 heterocycles. The lowest BCUT2D eigenvalue weighted by Gasteiger charge is -2.37. The number of sulfonamides is 1. The summed E-state index contributed by atoms with van der Waals surface area (Å²) in [6.45, 7) is 3.75. The van der Waals surface area contributed by atoms with Crippen molar-refractivity contribution < 1.29 is 22.7 Å². The summed E-state index contributed by atoms with van der Waals surface area (Å²) in [5.74, 6) is 0.679. The summed E-state index contributed by atoms with van der Waals surface area (Å²) in [7, 11) is -2.19. The number of imidazole rings is 1. The molecule has 1 atom stereocenters. The van der Waals surface area contributed by atoms with Crippen molar-refractivity contribution in [3.8, 4) is 0 Å². The van der Waals surface area contributed by atoms with Crippen molar-refractivity contribution in [3.63, 3.8) is 0 Å². The molecule has 7 rings (SSSR count). The van der Waals surface area contributed by atoms with Gasteiger partial charge in [-0.15, -0.1) is 0 Å². The highest BCUT2D eigenvalue weighted by atomic mass is 32.2. The fourth-order valence-corrected chi connectivity index (χ4v) is 8.15. The normalized spacial score (nSPS) is 16.7. The highest BCUT2D eigenvalue weighted by Gasteiger charge is 2.31. The molecule has 0 bridgehead atoms. The molecule has 3 aromatic carbocycles. The molecule has 0 saturated carbocycles. The Morgan fingerprint density at radius 3 is 2.60 bits per heavy atom. The number of rotatable bonds is 10. The Hall–Kier alpha value is -5.38. The minimum Gasteiger partial charge on any atom is -0.384 e. The van der Waals surface area contributed by atoms with E-state index >= 15 is 0 Å². The van der Waals surface area contributed by atoms with Crippen molar-refractivity contribution in [2.24, 2.45) is 12.8 Å². The first-order valence-electron chi connectivity index (χ1n) is 17.2. The number of hydrogen-bond acceptors (Lipinski definition) is 9. The van der Waals surface area contributed by atoms with Crippen LogP contribution < -0.4 is 15.8 Å². The van der Waals surface area contributed by atoms with Gasteiger partial charge in [-0.25, -0.2) is 13.4 Å². The van der Waals surface area contributed by atoms with E-state index in [1.54, 1.807) is 52.3 Å². The van der Waals surface area contributed by atoms with Gasteiger partial charge in [-0.2, -0.15) is 0 Å². The van der Waals surface area contributed by atoms with E-state index < -0.39 is 10.0 Å². The number of nitrogen functional groups attached to an aromatic ring is 1. The van der Waals surface area contributed by atoms with Gasteiger partial charge in [0.1, 0.15) is 16.6 Å². The molecular weight excluding hydrogens is 683 g/mol. The number of amides is 2. The number of hydrogen-bond donors (Lipinski definition) is 4. The topological polar surface area (TPSA) is 189 Å². The Morgan fingerprint density at radius 2 is 1.83 bits per heavy atom. The van der Waals surface area contributed by atoms with E-state index in [0.29, 0.717) is 80.1 Å². The number of carbonyl (C=O) groups is 2. The van der Waals surface area contributed by atoms with Crippen molar-refractivity contribution in [3.05, 3.63) is 95.4 Å². The zero-order valence-corrected chi connectivity index (χ0v) is 29.7. The predicted molar refractivity (Wildman–Crippen MR) is 198 cm³/mol. The van der Waals surface area contributed by atoms with Gasteiger partial charge >= 0.3 is 0 Å². The molecular formula is C37H41N9O5S. The summed E-state index contributed by atoms with van der Waals surface area (Å²) in [5.41, 5.74) is 9.97. The van der Waals surface area contributed by atoms with Gasteiger partial charge in [-0.3, -0.25) is 24.7 Å². The zero-order valence-electron chi connectivity index (χ0n) is 28.8. The van der Waals surface area contributed by atoms with Crippen molar-refractivity contribution >= 4 is 55.3 Å². The fraction of sp³-hybridized carbons (Fsp3) is 0.324. The summed E-state index contributed by atoms with van der Waals surface area (Å²) in [5, 5.41) is 11.5. The maximum absolute atomic E-state index is 13.9. The maximum atomic E-state index is 13.9. The SMILES string of the molecule is Cn1c(Cc2ccc(C(=N)N)cc2)nc2cc(NS(=O)(=O)c3cccc4c(CC(=O)N5CCNCC5CC(=O)N5CCOCC5)ccnc34)ccc21. The number of amidine groups is 1. The van der Waals surface area contributed by atoms with E-state index in [1.165, 1.54) is 12.3 Å². The summed E-state index contributed by atoms with van der Waals surface area (Å²) < 4.78 is 37.8. The molecule has 2 saturated heterocycles. The minimum absolute atomic E-state index is 0.00597. The third kappa shape index (κ3) is 7.33. The van der Waals surface area contributed by atoms with E-state index in [1.807, 2.05) is 29.8 Å². The van der Waals surface area contributed by atoms with E-state index in [9.17, 15) is 18.0 Å². The number of fused-ring (bicyclic) bond motifs is 2. The summed E-state index contributed by atoms with van der Waals surface area (Å²) >= 11 is 0. The van der Waals surface area contributed by atoms with Crippen LogP contribution in [0.1, 0.15) is 28.9 Å². The molecule has 2 amide bonds. The van der Waals surface area contributed by atoms with Gasteiger partial charge in [-0.05, 0) is 41.5 Å². The van der Waals surface area contributed by atoms with E-state index in [2.05, 4.69) is 15.0 Å². The first-order valence-corrected chi connectivity index (χ1v) is 18.7. The van der Waals surface area contributed by atoms with E-state index in [-0.39, 0.29) is 46.9 Å². The summed E-state index contributed by atoms with van der Waals surface area (Å²) in [4.78, 5) is 39.6. The highest BCUT2D eigenvalue weighted by molar-refractivity contribution is 7.93. The molecule has 2 fully saturated rings. The molecule has 0 spiro atoms. The number of ether oxygens (including phenoxy) is 1. The Morgan fingerprint density at radius 1 is 1.04 bits per heavy atom. The number of aryl methyl sites for hydroxylation is 1. The van der Waals surface area contributed by atoms with Crippen molar-refractivity contribution in [2.45, 2.75) is 30.2 Å². The highest BCUT2D eigenvalue weighted by Crippen LogP contribution is 2.28. The van der Waals surface area contributed by atoms with Gasteiger partial charge in [0.15, 0.2) is 0 Å². The minimum atomic E-state index is -4.10. The van der Waals surface area contributed by atoms with Gasteiger partial charge in [0.05, 0.1) is 47.9 Å². The number of aromatic nitrogens is 3. The molecule has 270 valence electrons. The Labute approximate surface area is 301 Å². The molecule has 1 unspecified atom stereocenters. The van der Waals surface area contributed by atoms with Gasteiger partial charge in [0.25, 0.3) is 10.0 Å². The lowest BCUT2D eigenvalue weighted by Crippen LogP contribution is -2.56. The van der Waals surface area contributed by atoms with E-state index in [4.69, 9.17) is 20.9 Å². The third-order valence-electron chi connectivity index (χ3n) is 9.75. The van der Waals surface area contributed by atoms with Gasteiger partial charge in [-0.1, -0.05) is 36.4 Å². The van der Waals surface area contributed by atoms with Crippen molar-refractivity contribution in [2.75, 3.05) is 50.7 Å². The number of nitrogens with zero attached hydrogens (tertiary/aromatic N) is 5. The average Bonchev–Trinajstić information content (AvgIpc) is 3.45. The van der Waals surface area contributed by atoms with Crippen LogP contribution in [0.2, 0.25) is 0 Å². The number of nitrogens with one attached hydrogen (secondary N) is 3. The molecule has 15 heteroatoms. The molecule has 52 heavy (non-hydrogen) atoms. The lowest BCUT2D eigenvalue weighted by atomic mass is 10.0. The predicted octanol–water partition coefficient (Wildman–Crippen LogP) is 2.39. The Kier molecular flexibility index (Phi) is 9.90. The first kappa shape index (κ1) is 35.0. The van der Waals surface area contributed by atoms with E-state index in [0.717, 1.165) is 16.9 Å². The van der Waals surface area contributed by atoms with Crippen LogP contribution in [0.5, 0.6) is 0 Å². The molecule has 14 nitrogen and oxygen atoms in total. The molecule has 2 aliphatic rings.